The van der Waals surface area contributed by atoms with Crippen molar-refractivity contribution in [1.82, 2.24) is 19.7 Å². The number of anilines is 1. The summed E-state index contributed by atoms with van der Waals surface area (Å²) in [6.07, 6.45) is 1.47. The van der Waals surface area contributed by atoms with Crippen molar-refractivity contribution in [2.45, 2.75) is 5.16 Å². The van der Waals surface area contributed by atoms with Crippen molar-refractivity contribution >= 4 is 56.8 Å². The molecule has 32 heavy (non-hydrogen) atoms. The number of aromatic nitrogens is 4. The zero-order valence-corrected chi connectivity index (χ0v) is 18.2. The summed E-state index contributed by atoms with van der Waals surface area (Å²) in [6.45, 7) is 0. The van der Waals surface area contributed by atoms with E-state index in [2.05, 4.69) is 20.5 Å². The van der Waals surface area contributed by atoms with Crippen LogP contribution in [0.3, 0.4) is 0 Å². The summed E-state index contributed by atoms with van der Waals surface area (Å²) in [5.41, 5.74) is 1.47. The third kappa shape index (κ3) is 3.86. The highest BCUT2D eigenvalue weighted by Crippen LogP contribution is 2.26. The van der Waals surface area contributed by atoms with Crippen LogP contribution in [-0.4, -0.2) is 31.4 Å². The molecule has 158 valence electrons. The van der Waals surface area contributed by atoms with Crippen LogP contribution < -0.4 is 10.9 Å². The number of amides is 1. The minimum atomic E-state index is -0.249. The van der Waals surface area contributed by atoms with Crippen molar-refractivity contribution in [3.05, 3.63) is 88.3 Å². The van der Waals surface area contributed by atoms with E-state index in [1.165, 1.54) is 18.0 Å². The molecule has 0 fully saturated rings. The second-order valence-electron chi connectivity index (χ2n) is 7.01. The van der Waals surface area contributed by atoms with Crippen molar-refractivity contribution in [3.63, 3.8) is 0 Å². The van der Waals surface area contributed by atoms with E-state index in [9.17, 15) is 9.59 Å². The Kier molecular flexibility index (Phi) is 5.38. The lowest BCUT2D eigenvalue weighted by Gasteiger charge is -2.14. The quantitative estimate of drug-likeness (QED) is 0.293. The fourth-order valence-electron chi connectivity index (χ4n) is 3.45. The number of hydrogen-bond acceptors (Lipinski definition) is 5. The van der Waals surface area contributed by atoms with Crippen LogP contribution >= 0.6 is 23.4 Å². The van der Waals surface area contributed by atoms with Gasteiger partial charge in [0.15, 0.2) is 10.8 Å². The molecule has 0 aliphatic rings. The number of halogens is 1. The van der Waals surface area contributed by atoms with Crippen LogP contribution in [0, 0.1) is 0 Å². The molecule has 2 aromatic heterocycles. The van der Waals surface area contributed by atoms with E-state index in [-0.39, 0.29) is 17.2 Å². The molecule has 0 bridgehead atoms. The number of thioether (sulfide) groups is 1. The standard InChI is InChI=1S/C23H16ClN5O2S/c24-15-8-10-16(11-9-15)26-20(30)13-32-23-27-21-18(12-25-28-21)22(31)29(23)19-7-3-5-14-4-1-2-6-17(14)19/h1-12H,13H2,(H,25,28)(H,26,30). The summed E-state index contributed by atoms with van der Waals surface area (Å²) in [4.78, 5) is 30.5. The van der Waals surface area contributed by atoms with Crippen molar-refractivity contribution in [1.29, 1.82) is 0 Å². The number of rotatable bonds is 5. The first-order chi connectivity index (χ1) is 15.6. The summed E-state index contributed by atoms with van der Waals surface area (Å²) in [7, 11) is 0. The van der Waals surface area contributed by atoms with Crippen LogP contribution in [0.5, 0.6) is 0 Å². The summed E-state index contributed by atoms with van der Waals surface area (Å²) in [6, 6.07) is 20.4. The zero-order valence-electron chi connectivity index (χ0n) is 16.6. The molecule has 0 aliphatic heterocycles. The molecule has 0 aliphatic carbocycles. The first kappa shape index (κ1) is 20.3. The number of fused-ring (bicyclic) bond motifs is 2. The van der Waals surface area contributed by atoms with E-state index >= 15 is 0 Å². The molecule has 0 spiro atoms. The van der Waals surface area contributed by atoms with Crippen LogP contribution in [0.1, 0.15) is 0 Å². The fourth-order valence-corrected chi connectivity index (χ4v) is 4.37. The van der Waals surface area contributed by atoms with E-state index in [0.29, 0.717) is 32.6 Å². The second-order valence-corrected chi connectivity index (χ2v) is 8.39. The number of hydrogen-bond donors (Lipinski definition) is 2. The van der Waals surface area contributed by atoms with Gasteiger partial charge in [0.25, 0.3) is 5.56 Å². The molecule has 7 nitrogen and oxygen atoms in total. The van der Waals surface area contributed by atoms with Crippen molar-refractivity contribution in [3.8, 4) is 5.69 Å². The lowest BCUT2D eigenvalue weighted by molar-refractivity contribution is -0.113. The van der Waals surface area contributed by atoms with Gasteiger partial charge in [0.2, 0.25) is 5.91 Å². The molecular formula is C23H16ClN5O2S. The summed E-state index contributed by atoms with van der Waals surface area (Å²) in [5.74, 6) is -0.153. The predicted molar refractivity (Wildman–Crippen MR) is 128 cm³/mol. The molecule has 9 heteroatoms. The van der Waals surface area contributed by atoms with E-state index in [1.807, 2.05) is 42.5 Å². The van der Waals surface area contributed by atoms with Gasteiger partial charge in [0, 0.05) is 16.1 Å². The van der Waals surface area contributed by atoms with Gasteiger partial charge in [0.05, 0.1) is 17.6 Å². The van der Waals surface area contributed by atoms with Gasteiger partial charge in [-0.2, -0.15) is 5.10 Å². The van der Waals surface area contributed by atoms with Gasteiger partial charge in [-0.3, -0.25) is 19.3 Å². The molecule has 1 amide bonds. The average Bonchev–Trinajstić information content (AvgIpc) is 3.28. The maximum Gasteiger partial charge on any atom is 0.269 e. The highest BCUT2D eigenvalue weighted by atomic mass is 35.5. The van der Waals surface area contributed by atoms with E-state index in [0.717, 1.165) is 10.8 Å². The Hall–Kier alpha value is -3.62. The van der Waals surface area contributed by atoms with Gasteiger partial charge in [-0.25, -0.2) is 4.98 Å². The van der Waals surface area contributed by atoms with Gasteiger partial charge in [-0.05, 0) is 35.7 Å². The number of carbonyl (C=O) groups excluding carboxylic acids is 1. The largest absolute Gasteiger partial charge is 0.325 e. The smallest absolute Gasteiger partial charge is 0.269 e. The Balaban J connectivity index is 1.53. The Labute approximate surface area is 191 Å². The number of aromatic amines is 1. The molecule has 2 heterocycles. The van der Waals surface area contributed by atoms with Gasteiger partial charge in [-0.1, -0.05) is 59.8 Å². The van der Waals surface area contributed by atoms with Crippen LogP contribution in [0.25, 0.3) is 27.5 Å². The Morgan fingerprint density at radius 1 is 1.03 bits per heavy atom. The van der Waals surface area contributed by atoms with Crippen LogP contribution in [0.4, 0.5) is 5.69 Å². The summed E-state index contributed by atoms with van der Waals surface area (Å²) in [5, 5.41) is 12.8. The maximum absolute atomic E-state index is 13.4. The molecule has 0 unspecified atom stereocenters. The third-order valence-corrected chi connectivity index (χ3v) is 6.11. The average molecular weight is 462 g/mol. The van der Waals surface area contributed by atoms with Crippen molar-refractivity contribution in [2.75, 3.05) is 11.1 Å². The molecule has 0 atom stereocenters. The SMILES string of the molecule is O=C(CSc1nc2[nH]ncc2c(=O)n1-c1cccc2ccccc12)Nc1ccc(Cl)cc1. The van der Waals surface area contributed by atoms with Crippen LogP contribution in [-0.2, 0) is 4.79 Å². The van der Waals surface area contributed by atoms with E-state index < -0.39 is 0 Å². The number of benzene rings is 3. The number of H-pyrrole nitrogens is 1. The molecule has 0 saturated heterocycles. The molecule has 3 aromatic carbocycles. The fraction of sp³-hybridized carbons (Fsp3) is 0.0435. The van der Waals surface area contributed by atoms with E-state index in [4.69, 9.17) is 11.6 Å². The Morgan fingerprint density at radius 3 is 2.66 bits per heavy atom. The first-order valence-corrected chi connectivity index (χ1v) is 11.1. The van der Waals surface area contributed by atoms with Gasteiger partial charge < -0.3 is 5.32 Å². The highest BCUT2D eigenvalue weighted by Gasteiger charge is 2.17. The van der Waals surface area contributed by atoms with Crippen molar-refractivity contribution < 1.29 is 4.79 Å². The first-order valence-electron chi connectivity index (χ1n) is 9.72. The maximum atomic E-state index is 13.4. The molecule has 2 N–H and O–H groups in total. The van der Waals surface area contributed by atoms with E-state index in [1.54, 1.807) is 28.8 Å². The Bertz CT molecular complexity index is 1510. The lowest BCUT2D eigenvalue weighted by atomic mass is 10.1. The molecule has 5 rings (SSSR count). The summed E-state index contributed by atoms with van der Waals surface area (Å²) < 4.78 is 1.54. The topological polar surface area (TPSA) is 92.7 Å². The van der Waals surface area contributed by atoms with Gasteiger partial charge in [0.1, 0.15) is 5.39 Å². The predicted octanol–water partition coefficient (Wildman–Crippen LogP) is 4.65. The van der Waals surface area contributed by atoms with Gasteiger partial charge >= 0.3 is 0 Å². The Morgan fingerprint density at radius 2 is 1.81 bits per heavy atom. The minimum Gasteiger partial charge on any atom is -0.325 e. The molecule has 0 saturated carbocycles. The molecule has 5 aromatic rings. The lowest BCUT2D eigenvalue weighted by Crippen LogP contribution is -2.22. The monoisotopic (exact) mass is 461 g/mol. The third-order valence-electron chi connectivity index (χ3n) is 4.92. The molecule has 0 radical (unpaired) electrons. The normalized spacial score (nSPS) is 11.2. The van der Waals surface area contributed by atoms with Crippen molar-refractivity contribution in [2.24, 2.45) is 0 Å². The number of nitrogens with zero attached hydrogens (tertiary/aromatic N) is 3. The highest BCUT2D eigenvalue weighted by molar-refractivity contribution is 7.99. The zero-order chi connectivity index (χ0) is 22.1. The minimum absolute atomic E-state index is 0.0689. The van der Waals surface area contributed by atoms with Gasteiger partial charge in [-0.15, -0.1) is 0 Å². The number of nitrogens with one attached hydrogen (secondary N) is 2. The van der Waals surface area contributed by atoms with Crippen LogP contribution in [0.2, 0.25) is 5.02 Å². The summed E-state index contributed by atoms with van der Waals surface area (Å²) >= 11 is 7.07. The second kappa shape index (κ2) is 8.49. The molecular weight excluding hydrogens is 446 g/mol. The van der Waals surface area contributed by atoms with Crippen LogP contribution in [0.15, 0.2) is 82.9 Å². The number of carbonyl (C=O) groups is 1.